The molecule has 0 saturated heterocycles. The molecule has 7 nitrogen and oxygen atoms in total. The van der Waals surface area contributed by atoms with Crippen LogP contribution in [0, 0.1) is 0 Å². The summed E-state index contributed by atoms with van der Waals surface area (Å²) in [6.45, 7) is 6.77. The molecular formula is C25H26ClN5O2S2. The average Bonchev–Trinajstić information content (AvgIpc) is 3.50. The van der Waals surface area contributed by atoms with E-state index in [1.54, 1.807) is 0 Å². The number of carbonyl (C=O) groups is 1. The van der Waals surface area contributed by atoms with Crippen molar-refractivity contribution in [3.63, 3.8) is 0 Å². The first-order valence-corrected chi connectivity index (χ1v) is 13.5. The van der Waals surface area contributed by atoms with Gasteiger partial charge in [0.25, 0.3) is 0 Å². The van der Waals surface area contributed by atoms with Crippen LogP contribution in [-0.4, -0.2) is 31.4 Å². The normalized spacial score (nSPS) is 11.9. The first-order chi connectivity index (χ1) is 17.0. The number of halogens is 1. The first kappa shape index (κ1) is 25.2. The van der Waals surface area contributed by atoms with Gasteiger partial charge in [0.1, 0.15) is 5.75 Å². The Hall–Kier alpha value is -2.88. The van der Waals surface area contributed by atoms with Gasteiger partial charge in [-0.3, -0.25) is 4.79 Å². The van der Waals surface area contributed by atoms with Crippen LogP contribution >= 0.6 is 34.7 Å². The van der Waals surface area contributed by atoms with Crippen LogP contribution < -0.4 is 10.1 Å². The quantitative estimate of drug-likeness (QED) is 0.237. The third-order valence-corrected chi connectivity index (χ3v) is 7.27. The standard InChI is InChI=1S/C25H26ClN5O2S2/c1-4-17-6-12-20(13-7-17)33-16(3)23-29-30-25(31(23)5-2)35-15-22(32)28-24-27-21(14-34-24)18-8-10-19(26)11-9-18/h6-14,16H,4-5,15H2,1-3H3,(H,27,28,32)/t16-/m0/s1. The van der Waals surface area contributed by atoms with Crippen molar-refractivity contribution < 1.29 is 9.53 Å². The molecule has 10 heteroatoms. The van der Waals surface area contributed by atoms with E-state index in [2.05, 4.69) is 39.6 Å². The van der Waals surface area contributed by atoms with Crippen LogP contribution in [0.3, 0.4) is 0 Å². The summed E-state index contributed by atoms with van der Waals surface area (Å²) >= 11 is 8.67. The highest BCUT2D eigenvalue weighted by molar-refractivity contribution is 7.99. The fraction of sp³-hybridized carbons (Fsp3) is 0.280. The molecule has 2 heterocycles. The number of anilines is 1. The Morgan fingerprint density at radius 3 is 2.57 bits per heavy atom. The zero-order chi connectivity index (χ0) is 24.8. The van der Waals surface area contributed by atoms with Gasteiger partial charge in [-0.15, -0.1) is 21.5 Å². The third-order valence-electron chi connectivity index (χ3n) is 5.29. The molecule has 4 rings (SSSR count). The molecular weight excluding hydrogens is 502 g/mol. The monoisotopic (exact) mass is 527 g/mol. The minimum atomic E-state index is -0.278. The van der Waals surface area contributed by atoms with Crippen LogP contribution in [0.25, 0.3) is 11.3 Å². The van der Waals surface area contributed by atoms with Crippen molar-refractivity contribution in [2.75, 3.05) is 11.1 Å². The number of nitrogens with one attached hydrogen (secondary N) is 1. The fourth-order valence-electron chi connectivity index (χ4n) is 3.44. The summed E-state index contributed by atoms with van der Waals surface area (Å²) in [7, 11) is 0. The molecule has 2 aromatic heterocycles. The second kappa shape index (κ2) is 11.7. The second-order valence-electron chi connectivity index (χ2n) is 7.72. The maximum atomic E-state index is 12.5. The van der Waals surface area contributed by atoms with Crippen LogP contribution in [0.1, 0.15) is 38.3 Å². The maximum Gasteiger partial charge on any atom is 0.236 e. The summed E-state index contributed by atoms with van der Waals surface area (Å²) in [5, 5.41) is 15.3. The number of benzene rings is 2. The molecule has 0 aliphatic rings. The highest BCUT2D eigenvalue weighted by Gasteiger charge is 2.20. The summed E-state index contributed by atoms with van der Waals surface area (Å²) < 4.78 is 8.06. The molecule has 0 bridgehead atoms. The van der Waals surface area contributed by atoms with E-state index in [0.717, 1.165) is 29.3 Å². The molecule has 1 amide bonds. The number of rotatable bonds is 10. The minimum Gasteiger partial charge on any atom is -0.483 e. The third kappa shape index (κ3) is 6.42. The predicted octanol–water partition coefficient (Wildman–Crippen LogP) is 6.51. The lowest BCUT2D eigenvalue weighted by molar-refractivity contribution is -0.113. The van der Waals surface area contributed by atoms with Gasteiger partial charge >= 0.3 is 0 Å². The Bertz CT molecular complexity index is 1270. The van der Waals surface area contributed by atoms with Crippen molar-refractivity contribution in [1.82, 2.24) is 19.7 Å². The SMILES string of the molecule is CCc1ccc(O[C@@H](C)c2nnc(SCC(=O)Nc3nc(-c4ccc(Cl)cc4)cs3)n2CC)cc1. The predicted molar refractivity (Wildman–Crippen MR) is 142 cm³/mol. The smallest absolute Gasteiger partial charge is 0.236 e. The summed E-state index contributed by atoms with van der Waals surface area (Å²) in [4.78, 5) is 17.0. The molecule has 2 aromatic carbocycles. The molecule has 0 fully saturated rings. The number of ether oxygens (including phenoxy) is 1. The van der Waals surface area contributed by atoms with Gasteiger partial charge in [0, 0.05) is 22.5 Å². The number of aryl methyl sites for hydroxylation is 1. The van der Waals surface area contributed by atoms with Crippen molar-refractivity contribution >= 4 is 45.7 Å². The van der Waals surface area contributed by atoms with Crippen LogP contribution in [0.15, 0.2) is 59.1 Å². The van der Waals surface area contributed by atoms with E-state index in [0.29, 0.717) is 21.9 Å². The number of thiazole rings is 1. The number of hydrogen-bond donors (Lipinski definition) is 1. The molecule has 0 saturated carbocycles. The minimum absolute atomic E-state index is 0.153. The Morgan fingerprint density at radius 1 is 1.14 bits per heavy atom. The number of carbonyl (C=O) groups excluding carboxylic acids is 1. The Labute approximate surface area is 217 Å². The second-order valence-corrected chi connectivity index (χ2v) is 9.96. The van der Waals surface area contributed by atoms with Gasteiger partial charge in [0.05, 0.1) is 11.4 Å². The van der Waals surface area contributed by atoms with Crippen LogP contribution in [-0.2, 0) is 17.8 Å². The van der Waals surface area contributed by atoms with Crippen molar-refractivity contribution in [3.8, 4) is 17.0 Å². The number of amides is 1. The Kier molecular flexibility index (Phi) is 8.43. The number of aromatic nitrogens is 4. The van der Waals surface area contributed by atoms with Crippen LogP contribution in [0.4, 0.5) is 5.13 Å². The molecule has 0 radical (unpaired) electrons. The van der Waals surface area contributed by atoms with E-state index in [-0.39, 0.29) is 17.8 Å². The fourth-order valence-corrected chi connectivity index (χ4v) is 5.11. The molecule has 0 aliphatic heterocycles. The summed E-state index contributed by atoms with van der Waals surface area (Å²) in [6.07, 6.45) is 0.708. The van der Waals surface area contributed by atoms with Gasteiger partial charge in [-0.25, -0.2) is 4.98 Å². The first-order valence-electron chi connectivity index (χ1n) is 11.3. The lowest BCUT2D eigenvalue weighted by Crippen LogP contribution is -2.15. The molecule has 0 unspecified atom stereocenters. The van der Waals surface area contributed by atoms with Crippen molar-refractivity contribution in [3.05, 3.63) is 70.3 Å². The van der Waals surface area contributed by atoms with E-state index in [1.165, 1.54) is 28.7 Å². The summed E-state index contributed by atoms with van der Waals surface area (Å²) in [5.41, 5.74) is 3.00. The Balaban J connectivity index is 1.34. The number of hydrogen-bond acceptors (Lipinski definition) is 7. The molecule has 4 aromatic rings. The van der Waals surface area contributed by atoms with E-state index < -0.39 is 0 Å². The molecule has 0 aliphatic carbocycles. The molecule has 35 heavy (non-hydrogen) atoms. The van der Waals surface area contributed by atoms with Crippen LogP contribution in [0.2, 0.25) is 5.02 Å². The van der Waals surface area contributed by atoms with Gasteiger partial charge in [0.15, 0.2) is 22.2 Å². The highest BCUT2D eigenvalue weighted by atomic mass is 35.5. The average molecular weight is 528 g/mol. The van der Waals surface area contributed by atoms with Gasteiger partial charge in [-0.1, -0.05) is 54.6 Å². The van der Waals surface area contributed by atoms with Crippen molar-refractivity contribution in [1.29, 1.82) is 0 Å². The molecule has 1 atom stereocenters. The van der Waals surface area contributed by atoms with Crippen molar-refractivity contribution in [2.24, 2.45) is 0 Å². The zero-order valence-corrected chi connectivity index (χ0v) is 22.1. The zero-order valence-electron chi connectivity index (χ0n) is 19.7. The van der Waals surface area contributed by atoms with E-state index in [9.17, 15) is 4.79 Å². The largest absolute Gasteiger partial charge is 0.483 e. The number of nitrogens with zero attached hydrogens (tertiary/aromatic N) is 4. The maximum absolute atomic E-state index is 12.5. The molecule has 182 valence electrons. The topological polar surface area (TPSA) is 81.9 Å². The summed E-state index contributed by atoms with van der Waals surface area (Å²) in [5.74, 6) is 1.55. The van der Waals surface area contributed by atoms with Gasteiger partial charge in [-0.2, -0.15) is 0 Å². The highest BCUT2D eigenvalue weighted by Crippen LogP contribution is 2.27. The van der Waals surface area contributed by atoms with E-state index >= 15 is 0 Å². The molecule has 0 spiro atoms. The van der Waals surface area contributed by atoms with E-state index in [1.807, 2.05) is 60.2 Å². The van der Waals surface area contributed by atoms with E-state index in [4.69, 9.17) is 16.3 Å². The number of thioether (sulfide) groups is 1. The van der Waals surface area contributed by atoms with Gasteiger partial charge < -0.3 is 14.6 Å². The van der Waals surface area contributed by atoms with Crippen LogP contribution in [0.5, 0.6) is 5.75 Å². The Morgan fingerprint density at radius 2 is 1.89 bits per heavy atom. The summed E-state index contributed by atoms with van der Waals surface area (Å²) in [6, 6.07) is 15.5. The van der Waals surface area contributed by atoms with Gasteiger partial charge in [0.2, 0.25) is 5.91 Å². The van der Waals surface area contributed by atoms with Gasteiger partial charge in [-0.05, 0) is 50.1 Å². The molecule has 1 N–H and O–H groups in total. The lowest BCUT2D eigenvalue weighted by atomic mass is 10.2. The lowest BCUT2D eigenvalue weighted by Gasteiger charge is -2.15. The van der Waals surface area contributed by atoms with Crippen molar-refractivity contribution in [2.45, 2.75) is 45.0 Å².